The van der Waals surface area contributed by atoms with Crippen molar-refractivity contribution in [1.29, 1.82) is 0 Å². The average Bonchev–Trinajstić information content (AvgIpc) is 2.81. The molecule has 0 N–H and O–H groups in total. The highest BCUT2D eigenvalue weighted by Gasteiger charge is 2.26. The van der Waals surface area contributed by atoms with Crippen LogP contribution in [0.5, 0.6) is 0 Å². The van der Waals surface area contributed by atoms with Crippen LogP contribution in [0.1, 0.15) is 15.9 Å². The zero-order valence-electron chi connectivity index (χ0n) is 17.3. The first-order valence-corrected chi connectivity index (χ1v) is 11.4. The first-order valence-electron chi connectivity index (χ1n) is 9.62. The zero-order valence-corrected chi connectivity index (χ0v) is 18.8. The van der Waals surface area contributed by atoms with Gasteiger partial charge in [0.25, 0.3) is 15.7 Å². The molecule has 0 bridgehead atoms. The molecular weight excluding hydrogens is 468 g/mol. The van der Waals surface area contributed by atoms with Gasteiger partial charge >= 0.3 is 5.97 Å². The number of esters is 1. The number of halogens is 1. The van der Waals surface area contributed by atoms with Crippen molar-refractivity contribution in [3.63, 3.8) is 0 Å². The molecule has 0 saturated heterocycles. The van der Waals surface area contributed by atoms with E-state index >= 15 is 0 Å². The van der Waals surface area contributed by atoms with Gasteiger partial charge in [-0.15, -0.1) is 6.58 Å². The van der Waals surface area contributed by atoms with Gasteiger partial charge in [0, 0.05) is 12.1 Å². The summed E-state index contributed by atoms with van der Waals surface area (Å²) in [6.07, 6.45) is 1.45. The van der Waals surface area contributed by atoms with Gasteiger partial charge in [0.2, 0.25) is 0 Å². The minimum atomic E-state index is -4.05. The van der Waals surface area contributed by atoms with Gasteiger partial charge in [-0.25, -0.2) is 13.2 Å². The fourth-order valence-corrected chi connectivity index (χ4v) is 4.65. The van der Waals surface area contributed by atoms with E-state index in [1.807, 2.05) is 0 Å². The van der Waals surface area contributed by atoms with Crippen molar-refractivity contribution >= 4 is 39.0 Å². The number of nitrogens with zero attached hydrogens (tertiary/aromatic N) is 2. The number of carbonyl (C=O) groups excluding carboxylic acids is 1. The molecular formula is C23H19ClN2O6S. The summed E-state index contributed by atoms with van der Waals surface area (Å²) in [5, 5.41) is 10.9. The van der Waals surface area contributed by atoms with Crippen LogP contribution in [-0.2, 0) is 21.4 Å². The Labute approximate surface area is 195 Å². The normalized spacial score (nSPS) is 10.9. The number of nitro groups is 1. The van der Waals surface area contributed by atoms with Gasteiger partial charge in [-0.05, 0) is 35.9 Å². The zero-order chi connectivity index (χ0) is 24.0. The number of para-hydroxylation sites is 1. The van der Waals surface area contributed by atoms with Crippen molar-refractivity contribution in [1.82, 2.24) is 0 Å². The van der Waals surface area contributed by atoms with E-state index < -0.39 is 20.9 Å². The van der Waals surface area contributed by atoms with Gasteiger partial charge in [-0.3, -0.25) is 14.4 Å². The SMILES string of the molecule is C=CCN(c1ccccc1)S(=O)(=O)c1ccc(Cl)c(C(=O)OCc2cccc([N+](=O)[O-])c2)c1. The van der Waals surface area contributed by atoms with Crippen LogP contribution in [0.25, 0.3) is 0 Å². The van der Waals surface area contributed by atoms with Gasteiger partial charge < -0.3 is 4.74 Å². The molecule has 0 heterocycles. The lowest BCUT2D eigenvalue weighted by Crippen LogP contribution is -2.31. The largest absolute Gasteiger partial charge is 0.457 e. The summed E-state index contributed by atoms with van der Waals surface area (Å²) in [6, 6.07) is 17.8. The van der Waals surface area contributed by atoms with Crippen molar-refractivity contribution < 1.29 is 22.9 Å². The molecule has 0 aromatic heterocycles. The van der Waals surface area contributed by atoms with Gasteiger partial charge in [0.05, 0.1) is 32.6 Å². The first kappa shape index (κ1) is 24.0. The number of sulfonamides is 1. The molecule has 3 aromatic rings. The van der Waals surface area contributed by atoms with E-state index in [-0.39, 0.29) is 34.3 Å². The summed E-state index contributed by atoms with van der Waals surface area (Å²) in [5.74, 6) is -0.862. The second-order valence-corrected chi connectivity index (χ2v) is 9.07. The number of rotatable bonds is 9. The number of non-ortho nitro benzene ring substituents is 1. The Bertz CT molecular complexity index is 1300. The van der Waals surface area contributed by atoms with Crippen LogP contribution in [0, 0.1) is 10.1 Å². The molecule has 8 nitrogen and oxygen atoms in total. The van der Waals surface area contributed by atoms with Crippen molar-refractivity contribution in [3.05, 3.63) is 112 Å². The molecule has 0 saturated carbocycles. The molecule has 0 aliphatic heterocycles. The number of nitro benzene ring substituents is 1. The van der Waals surface area contributed by atoms with E-state index in [9.17, 15) is 23.3 Å². The predicted molar refractivity (Wildman–Crippen MR) is 125 cm³/mol. The number of benzene rings is 3. The Morgan fingerprint density at radius 1 is 1.09 bits per heavy atom. The average molecular weight is 487 g/mol. The number of hydrogen-bond donors (Lipinski definition) is 0. The van der Waals surface area contributed by atoms with Crippen LogP contribution in [0.2, 0.25) is 5.02 Å². The maximum Gasteiger partial charge on any atom is 0.340 e. The van der Waals surface area contributed by atoms with Gasteiger partial charge in [-0.1, -0.05) is 48.0 Å². The van der Waals surface area contributed by atoms with Crippen LogP contribution < -0.4 is 4.31 Å². The molecule has 0 aliphatic carbocycles. The van der Waals surface area contributed by atoms with E-state index in [0.717, 1.165) is 10.4 Å². The van der Waals surface area contributed by atoms with Crippen LogP contribution in [0.4, 0.5) is 11.4 Å². The van der Waals surface area contributed by atoms with Crippen molar-refractivity contribution in [2.75, 3.05) is 10.8 Å². The topological polar surface area (TPSA) is 107 Å². The highest BCUT2D eigenvalue weighted by atomic mass is 35.5. The lowest BCUT2D eigenvalue weighted by Gasteiger charge is -2.23. The fraction of sp³-hybridized carbons (Fsp3) is 0.0870. The van der Waals surface area contributed by atoms with Crippen LogP contribution >= 0.6 is 11.6 Å². The Hall–Kier alpha value is -3.69. The van der Waals surface area contributed by atoms with Crippen LogP contribution in [-0.4, -0.2) is 25.9 Å². The Morgan fingerprint density at radius 2 is 1.82 bits per heavy atom. The Kier molecular flexibility index (Phi) is 7.47. The van der Waals surface area contributed by atoms with E-state index in [1.165, 1.54) is 36.4 Å². The smallest absolute Gasteiger partial charge is 0.340 e. The standard InChI is InChI=1S/C23H19ClN2O6S/c1-2-13-25(18-8-4-3-5-9-18)33(30,31)20-11-12-22(24)21(15-20)23(27)32-16-17-7-6-10-19(14-17)26(28)29/h2-12,14-15H,1,13,16H2. The lowest BCUT2D eigenvalue weighted by molar-refractivity contribution is -0.384. The minimum Gasteiger partial charge on any atom is -0.457 e. The highest BCUT2D eigenvalue weighted by Crippen LogP contribution is 2.27. The second kappa shape index (κ2) is 10.3. The molecule has 10 heteroatoms. The summed E-state index contributed by atoms with van der Waals surface area (Å²) >= 11 is 6.13. The predicted octanol–water partition coefficient (Wildman–Crippen LogP) is 4.99. The van der Waals surface area contributed by atoms with E-state index in [2.05, 4.69) is 6.58 Å². The molecule has 170 valence electrons. The quantitative estimate of drug-likeness (QED) is 0.182. The third-order valence-corrected chi connectivity index (χ3v) is 6.70. The van der Waals surface area contributed by atoms with Crippen LogP contribution in [0.15, 0.2) is 90.3 Å². The number of hydrogen-bond acceptors (Lipinski definition) is 6. The summed E-state index contributed by atoms with van der Waals surface area (Å²) in [5.41, 5.74) is 0.550. The molecule has 0 aliphatic rings. The summed E-state index contributed by atoms with van der Waals surface area (Å²) in [6.45, 7) is 3.39. The molecule has 0 radical (unpaired) electrons. The fourth-order valence-electron chi connectivity index (χ4n) is 2.99. The van der Waals surface area contributed by atoms with Crippen molar-refractivity contribution in [2.45, 2.75) is 11.5 Å². The Balaban J connectivity index is 1.87. The maximum atomic E-state index is 13.3. The van der Waals surface area contributed by atoms with Crippen molar-refractivity contribution in [2.24, 2.45) is 0 Å². The maximum absolute atomic E-state index is 13.3. The molecule has 3 aromatic carbocycles. The second-order valence-electron chi connectivity index (χ2n) is 6.81. The van der Waals surface area contributed by atoms with E-state index in [0.29, 0.717) is 11.3 Å². The monoisotopic (exact) mass is 486 g/mol. The number of anilines is 1. The highest BCUT2D eigenvalue weighted by molar-refractivity contribution is 7.92. The van der Waals surface area contributed by atoms with Gasteiger partial charge in [-0.2, -0.15) is 0 Å². The number of carbonyl (C=O) groups is 1. The molecule has 0 amide bonds. The summed E-state index contributed by atoms with van der Waals surface area (Å²) < 4.78 is 33.0. The lowest BCUT2D eigenvalue weighted by atomic mass is 10.2. The van der Waals surface area contributed by atoms with E-state index in [1.54, 1.807) is 36.4 Å². The third-order valence-electron chi connectivity index (χ3n) is 4.58. The first-order chi connectivity index (χ1) is 15.7. The van der Waals surface area contributed by atoms with Gasteiger partial charge in [0.15, 0.2) is 0 Å². The molecule has 0 atom stereocenters. The van der Waals surface area contributed by atoms with Crippen LogP contribution in [0.3, 0.4) is 0 Å². The van der Waals surface area contributed by atoms with E-state index in [4.69, 9.17) is 16.3 Å². The molecule has 0 spiro atoms. The summed E-state index contributed by atoms with van der Waals surface area (Å²) in [4.78, 5) is 22.8. The number of ether oxygens (including phenoxy) is 1. The molecule has 33 heavy (non-hydrogen) atoms. The van der Waals surface area contributed by atoms with Gasteiger partial charge in [0.1, 0.15) is 6.61 Å². The van der Waals surface area contributed by atoms with Crippen molar-refractivity contribution in [3.8, 4) is 0 Å². The Morgan fingerprint density at radius 3 is 2.48 bits per heavy atom. The molecule has 3 rings (SSSR count). The minimum absolute atomic E-state index is 0.00738. The molecule has 0 unspecified atom stereocenters. The third kappa shape index (κ3) is 5.57. The summed E-state index contributed by atoms with van der Waals surface area (Å²) in [7, 11) is -4.05. The molecule has 0 fully saturated rings.